The molecule has 1 aliphatic rings. The van der Waals surface area contributed by atoms with Crippen LogP contribution in [0.5, 0.6) is 17.2 Å². The maximum absolute atomic E-state index is 13.5. The second-order valence-corrected chi connectivity index (χ2v) is 7.56. The summed E-state index contributed by atoms with van der Waals surface area (Å²) in [6.07, 6.45) is 2.68. The van der Waals surface area contributed by atoms with Crippen LogP contribution in [-0.4, -0.2) is 53.3 Å². The summed E-state index contributed by atoms with van der Waals surface area (Å²) in [5.74, 6) is 1.15. The first-order chi connectivity index (χ1) is 15.0. The summed E-state index contributed by atoms with van der Waals surface area (Å²) in [4.78, 5) is 32.1. The number of rotatable bonds is 5. The van der Waals surface area contributed by atoms with E-state index >= 15 is 0 Å². The van der Waals surface area contributed by atoms with Gasteiger partial charge in [-0.25, -0.2) is 9.50 Å². The Bertz CT molecular complexity index is 1160. The molecule has 9 heteroatoms. The quantitative estimate of drug-likeness (QED) is 0.674. The van der Waals surface area contributed by atoms with Gasteiger partial charge in [-0.05, 0) is 38.3 Å². The fourth-order valence-electron chi connectivity index (χ4n) is 4.17. The first-order valence-electron chi connectivity index (χ1n) is 10.2. The minimum Gasteiger partial charge on any atom is -0.493 e. The number of piperidine rings is 1. The highest BCUT2D eigenvalue weighted by atomic mass is 16.5. The standard InChI is InChI=1S/C22H26N4O5/c1-13-9-20(27)26-19(23-13)12-15(24-26)16-7-5-6-8-25(16)22(28)14-10-17(29-2)21(31-4)18(11-14)30-3/h9-12,16,24H,5-8H2,1-4H3. The summed E-state index contributed by atoms with van der Waals surface area (Å²) < 4.78 is 17.6. The zero-order valence-electron chi connectivity index (χ0n) is 18.1. The third-order valence-corrected chi connectivity index (χ3v) is 5.63. The van der Waals surface area contributed by atoms with Crippen LogP contribution in [0.3, 0.4) is 0 Å². The van der Waals surface area contributed by atoms with Gasteiger partial charge in [0.25, 0.3) is 11.5 Å². The molecule has 0 saturated carbocycles. The van der Waals surface area contributed by atoms with Crippen molar-refractivity contribution in [2.75, 3.05) is 27.9 Å². The molecule has 2 aromatic heterocycles. The summed E-state index contributed by atoms with van der Waals surface area (Å²) in [5, 5.41) is 3.14. The molecule has 1 aromatic carbocycles. The average molecular weight is 426 g/mol. The molecule has 1 saturated heterocycles. The number of carbonyl (C=O) groups excluding carboxylic acids is 1. The Morgan fingerprint density at radius 2 is 1.77 bits per heavy atom. The monoisotopic (exact) mass is 426 g/mol. The maximum atomic E-state index is 13.5. The van der Waals surface area contributed by atoms with E-state index in [1.165, 1.54) is 31.9 Å². The number of likely N-dealkylation sites (tertiary alicyclic amines) is 1. The maximum Gasteiger partial charge on any atom is 0.272 e. The average Bonchev–Trinajstić information content (AvgIpc) is 3.21. The summed E-state index contributed by atoms with van der Waals surface area (Å²) in [6, 6.07) is 6.46. The molecule has 31 heavy (non-hydrogen) atoms. The van der Waals surface area contributed by atoms with Crippen molar-refractivity contribution in [2.45, 2.75) is 32.2 Å². The topological polar surface area (TPSA) is 98.2 Å². The number of aromatic amines is 1. The number of fused-ring (bicyclic) bond motifs is 1. The molecule has 0 aliphatic carbocycles. The van der Waals surface area contributed by atoms with Crippen molar-refractivity contribution in [2.24, 2.45) is 0 Å². The van der Waals surface area contributed by atoms with Crippen LogP contribution in [0.25, 0.3) is 5.65 Å². The van der Waals surface area contributed by atoms with E-state index in [0.29, 0.717) is 40.7 Å². The van der Waals surface area contributed by atoms with E-state index in [4.69, 9.17) is 14.2 Å². The van der Waals surface area contributed by atoms with Gasteiger partial charge in [-0.15, -0.1) is 0 Å². The molecule has 1 N–H and O–H groups in total. The van der Waals surface area contributed by atoms with Crippen LogP contribution in [0.1, 0.15) is 47.1 Å². The number of H-pyrrole nitrogens is 1. The molecule has 1 amide bonds. The molecule has 0 bridgehead atoms. The second kappa shape index (κ2) is 8.33. The third-order valence-electron chi connectivity index (χ3n) is 5.63. The Labute approximate surface area is 179 Å². The molecule has 1 fully saturated rings. The Morgan fingerprint density at radius 1 is 1.06 bits per heavy atom. The van der Waals surface area contributed by atoms with Gasteiger partial charge in [0.2, 0.25) is 5.75 Å². The lowest BCUT2D eigenvalue weighted by Gasteiger charge is -2.35. The Balaban J connectivity index is 1.73. The number of benzene rings is 1. The predicted molar refractivity (Wildman–Crippen MR) is 114 cm³/mol. The third kappa shape index (κ3) is 3.71. The lowest BCUT2D eigenvalue weighted by atomic mass is 9.98. The van der Waals surface area contributed by atoms with Crippen molar-refractivity contribution < 1.29 is 19.0 Å². The summed E-state index contributed by atoms with van der Waals surface area (Å²) in [6.45, 7) is 2.39. The summed E-state index contributed by atoms with van der Waals surface area (Å²) >= 11 is 0. The molecular formula is C22H26N4O5. The number of hydrogen-bond donors (Lipinski definition) is 1. The number of aryl methyl sites for hydroxylation is 1. The molecular weight excluding hydrogens is 400 g/mol. The van der Waals surface area contributed by atoms with Crippen LogP contribution < -0.4 is 19.8 Å². The Kier molecular flexibility index (Phi) is 5.58. The van der Waals surface area contributed by atoms with Gasteiger partial charge >= 0.3 is 0 Å². The molecule has 1 unspecified atom stereocenters. The first-order valence-corrected chi connectivity index (χ1v) is 10.2. The highest BCUT2D eigenvalue weighted by Gasteiger charge is 2.31. The summed E-state index contributed by atoms with van der Waals surface area (Å²) in [7, 11) is 4.56. The van der Waals surface area contributed by atoms with Gasteiger partial charge in [0, 0.05) is 29.9 Å². The number of hydrogen-bond acceptors (Lipinski definition) is 6. The smallest absolute Gasteiger partial charge is 0.272 e. The number of aromatic nitrogens is 3. The normalized spacial score (nSPS) is 16.4. The van der Waals surface area contributed by atoms with Crippen LogP contribution in [-0.2, 0) is 0 Å². The van der Waals surface area contributed by atoms with Crippen LogP contribution in [0.4, 0.5) is 0 Å². The minimum atomic E-state index is -0.193. The van der Waals surface area contributed by atoms with Crippen molar-refractivity contribution in [3.05, 3.63) is 51.6 Å². The molecule has 3 aromatic rings. The van der Waals surface area contributed by atoms with E-state index in [1.807, 2.05) is 11.0 Å². The van der Waals surface area contributed by atoms with Gasteiger partial charge < -0.3 is 19.1 Å². The van der Waals surface area contributed by atoms with E-state index in [2.05, 4.69) is 10.1 Å². The highest BCUT2D eigenvalue weighted by molar-refractivity contribution is 5.96. The predicted octanol–water partition coefficient (Wildman–Crippen LogP) is 2.72. The highest BCUT2D eigenvalue weighted by Crippen LogP contribution is 2.39. The second-order valence-electron chi connectivity index (χ2n) is 7.56. The largest absolute Gasteiger partial charge is 0.493 e. The van der Waals surface area contributed by atoms with Gasteiger partial charge in [0.15, 0.2) is 17.1 Å². The van der Waals surface area contributed by atoms with Crippen molar-refractivity contribution in [1.29, 1.82) is 0 Å². The zero-order chi connectivity index (χ0) is 22.1. The van der Waals surface area contributed by atoms with Gasteiger partial charge in [-0.2, -0.15) is 0 Å². The molecule has 164 valence electrons. The van der Waals surface area contributed by atoms with Gasteiger partial charge in [-0.1, -0.05) is 0 Å². The minimum absolute atomic E-state index is 0.140. The van der Waals surface area contributed by atoms with E-state index < -0.39 is 0 Å². The van der Waals surface area contributed by atoms with Gasteiger partial charge in [0.1, 0.15) is 0 Å². The SMILES string of the molecule is COc1cc(C(=O)N2CCCCC2c2cc3nc(C)cc(=O)n3[nH]2)cc(OC)c1OC. The van der Waals surface area contributed by atoms with E-state index in [-0.39, 0.29) is 17.5 Å². The van der Waals surface area contributed by atoms with E-state index in [1.54, 1.807) is 19.1 Å². The number of amides is 1. The van der Waals surface area contributed by atoms with Crippen LogP contribution in [0.2, 0.25) is 0 Å². The number of carbonyl (C=O) groups is 1. The first kappa shape index (κ1) is 20.8. The number of nitrogens with one attached hydrogen (secondary N) is 1. The van der Waals surface area contributed by atoms with Crippen molar-refractivity contribution in [1.82, 2.24) is 19.5 Å². The number of nitrogens with zero attached hydrogens (tertiary/aromatic N) is 3. The van der Waals surface area contributed by atoms with Gasteiger partial charge in [-0.3, -0.25) is 14.7 Å². The molecule has 0 radical (unpaired) electrons. The number of methoxy groups -OCH3 is 3. The van der Waals surface area contributed by atoms with Crippen molar-refractivity contribution in [3.63, 3.8) is 0 Å². The van der Waals surface area contributed by atoms with Crippen LogP contribution in [0.15, 0.2) is 29.1 Å². The fraction of sp³-hybridized carbons (Fsp3) is 0.409. The molecule has 9 nitrogen and oxygen atoms in total. The van der Waals surface area contributed by atoms with Crippen LogP contribution >= 0.6 is 0 Å². The zero-order valence-corrected chi connectivity index (χ0v) is 18.1. The van der Waals surface area contributed by atoms with E-state index in [9.17, 15) is 9.59 Å². The van der Waals surface area contributed by atoms with Gasteiger partial charge in [0.05, 0.1) is 33.1 Å². The lowest BCUT2D eigenvalue weighted by Crippen LogP contribution is -2.38. The molecule has 4 rings (SSSR count). The van der Waals surface area contributed by atoms with Crippen LogP contribution in [0, 0.1) is 6.92 Å². The molecule has 1 atom stereocenters. The van der Waals surface area contributed by atoms with Crippen molar-refractivity contribution in [3.8, 4) is 17.2 Å². The van der Waals surface area contributed by atoms with E-state index in [0.717, 1.165) is 25.0 Å². The fourth-order valence-corrected chi connectivity index (χ4v) is 4.17. The molecule has 1 aliphatic heterocycles. The molecule has 3 heterocycles. The number of ether oxygens (including phenoxy) is 3. The molecule has 0 spiro atoms. The summed E-state index contributed by atoms with van der Waals surface area (Å²) in [5.41, 5.74) is 2.27. The Hall–Kier alpha value is -3.49. The lowest BCUT2D eigenvalue weighted by molar-refractivity contribution is 0.0605. The van der Waals surface area contributed by atoms with Crippen molar-refractivity contribution >= 4 is 11.6 Å². The Morgan fingerprint density at radius 3 is 2.42 bits per heavy atom.